The van der Waals surface area contributed by atoms with E-state index >= 15 is 0 Å². The quantitative estimate of drug-likeness (QED) is 0.690. The highest BCUT2D eigenvalue weighted by Gasteiger charge is 2.01. The first-order valence-corrected chi connectivity index (χ1v) is 4.50. The fraction of sp³-hybridized carbons (Fsp3) is 0.444. The van der Waals surface area contributed by atoms with Crippen LogP contribution in [0.1, 0.15) is 13.8 Å². The molecule has 3 amide bonds. The summed E-state index contributed by atoms with van der Waals surface area (Å²) in [5.41, 5.74) is 4.54. The van der Waals surface area contributed by atoms with E-state index in [2.05, 4.69) is 21.8 Å². The number of carbonyl (C=O) groups is 3. The summed E-state index contributed by atoms with van der Waals surface area (Å²) in [7, 11) is 0. The van der Waals surface area contributed by atoms with Crippen molar-refractivity contribution >= 4 is 18.1 Å². The van der Waals surface area contributed by atoms with Crippen molar-refractivity contribution in [3.63, 3.8) is 0 Å². The van der Waals surface area contributed by atoms with Crippen LogP contribution in [0.4, 0.5) is 9.59 Å². The summed E-state index contributed by atoms with van der Waals surface area (Å²) in [5.74, 6) is -0.557. The summed E-state index contributed by atoms with van der Waals surface area (Å²) < 4.78 is 8.58. The van der Waals surface area contributed by atoms with Crippen LogP contribution >= 0.6 is 0 Å². The van der Waals surface area contributed by atoms with Gasteiger partial charge in [-0.15, -0.1) is 0 Å². The Labute approximate surface area is 93.6 Å². The van der Waals surface area contributed by atoms with E-state index in [1.807, 2.05) is 5.32 Å². The third-order valence-corrected chi connectivity index (χ3v) is 0.973. The summed E-state index contributed by atoms with van der Waals surface area (Å²) in [6, 6.07) is 0. The molecule has 0 saturated carbocycles. The Balaban J connectivity index is 0. The third kappa shape index (κ3) is 14.5. The maximum absolute atomic E-state index is 10.4. The number of hydrogen-bond acceptors (Lipinski definition) is 5. The van der Waals surface area contributed by atoms with Gasteiger partial charge in [-0.05, 0) is 19.9 Å². The molecule has 7 nitrogen and oxygen atoms in total. The summed E-state index contributed by atoms with van der Waals surface area (Å²) in [6.45, 7) is 7.11. The maximum Gasteiger partial charge on any atom is 0.414 e. The van der Waals surface area contributed by atoms with Crippen molar-refractivity contribution in [1.29, 1.82) is 0 Å². The molecule has 16 heavy (non-hydrogen) atoms. The average molecular weight is 232 g/mol. The SMILES string of the molecule is C=CC(=O)NC(=O)OCC.CCOC(N)=O. The van der Waals surface area contributed by atoms with E-state index in [-0.39, 0.29) is 6.61 Å². The second-order valence-electron chi connectivity index (χ2n) is 2.17. The van der Waals surface area contributed by atoms with Gasteiger partial charge in [0.05, 0.1) is 13.2 Å². The van der Waals surface area contributed by atoms with Crippen LogP contribution in [-0.4, -0.2) is 31.3 Å². The van der Waals surface area contributed by atoms with Crippen LogP contribution in [0.5, 0.6) is 0 Å². The molecular weight excluding hydrogens is 216 g/mol. The minimum Gasteiger partial charge on any atom is -0.450 e. The zero-order chi connectivity index (χ0) is 13.0. The van der Waals surface area contributed by atoms with Gasteiger partial charge in [0.1, 0.15) is 0 Å². The Morgan fingerprint density at radius 3 is 2.00 bits per heavy atom. The lowest BCUT2D eigenvalue weighted by Crippen LogP contribution is -2.29. The molecule has 0 atom stereocenters. The minimum atomic E-state index is -0.743. The highest BCUT2D eigenvalue weighted by Crippen LogP contribution is 1.76. The monoisotopic (exact) mass is 232 g/mol. The predicted octanol–water partition coefficient (Wildman–Crippen LogP) is 0.547. The number of nitrogens with two attached hydrogens (primary N) is 1. The Morgan fingerprint density at radius 2 is 1.75 bits per heavy atom. The molecule has 0 saturated heterocycles. The first kappa shape index (κ1) is 16.4. The van der Waals surface area contributed by atoms with Gasteiger partial charge in [-0.1, -0.05) is 6.58 Å². The van der Waals surface area contributed by atoms with Crippen LogP contribution in [-0.2, 0) is 14.3 Å². The predicted molar refractivity (Wildman–Crippen MR) is 56.6 cm³/mol. The molecule has 0 aromatic carbocycles. The largest absolute Gasteiger partial charge is 0.450 e. The Kier molecular flexibility index (Phi) is 11.3. The van der Waals surface area contributed by atoms with Crippen molar-refractivity contribution in [2.75, 3.05) is 13.2 Å². The number of alkyl carbamates (subject to hydrolysis) is 1. The van der Waals surface area contributed by atoms with Crippen LogP contribution in [0.25, 0.3) is 0 Å². The van der Waals surface area contributed by atoms with E-state index in [9.17, 15) is 14.4 Å². The zero-order valence-corrected chi connectivity index (χ0v) is 9.32. The van der Waals surface area contributed by atoms with Gasteiger partial charge >= 0.3 is 12.2 Å². The van der Waals surface area contributed by atoms with Gasteiger partial charge in [0.2, 0.25) is 0 Å². The van der Waals surface area contributed by atoms with E-state index in [0.717, 1.165) is 6.08 Å². The molecule has 0 unspecified atom stereocenters. The number of ether oxygens (including phenoxy) is 2. The van der Waals surface area contributed by atoms with Crippen molar-refractivity contribution in [3.05, 3.63) is 12.7 Å². The summed E-state index contributed by atoms with van der Waals surface area (Å²) in [5, 5.41) is 1.91. The van der Waals surface area contributed by atoms with Gasteiger partial charge in [0.15, 0.2) is 0 Å². The number of nitrogens with one attached hydrogen (secondary N) is 1. The molecule has 0 aliphatic carbocycles. The van der Waals surface area contributed by atoms with Crippen molar-refractivity contribution in [3.8, 4) is 0 Å². The molecule has 0 aromatic heterocycles. The second-order valence-corrected chi connectivity index (χ2v) is 2.17. The van der Waals surface area contributed by atoms with E-state index in [0.29, 0.717) is 6.61 Å². The fourth-order valence-electron chi connectivity index (χ4n) is 0.461. The number of imide groups is 1. The van der Waals surface area contributed by atoms with Gasteiger partial charge in [0.25, 0.3) is 5.91 Å². The molecule has 0 radical (unpaired) electrons. The topological polar surface area (TPSA) is 108 Å². The highest BCUT2D eigenvalue weighted by molar-refractivity contribution is 5.98. The van der Waals surface area contributed by atoms with Gasteiger partial charge in [-0.2, -0.15) is 0 Å². The van der Waals surface area contributed by atoms with Gasteiger partial charge in [0, 0.05) is 0 Å². The van der Waals surface area contributed by atoms with E-state index in [1.165, 1.54) is 0 Å². The molecule has 0 rings (SSSR count). The average Bonchev–Trinajstić information content (AvgIpc) is 2.18. The van der Waals surface area contributed by atoms with Crippen molar-refractivity contribution in [2.45, 2.75) is 13.8 Å². The molecule has 0 aromatic rings. The number of primary amides is 1. The maximum atomic E-state index is 10.4. The van der Waals surface area contributed by atoms with Gasteiger partial charge in [-0.3, -0.25) is 10.1 Å². The Hall–Kier alpha value is -2.05. The lowest BCUT2D eigenvalue weighted by molar-refractivity contribution is -0.115. The van der Waals surface area contributed by atoms with Gasteiger partial charge < -0.3 is 15.2 Å². The van der Waals surface area contributed by atoms with E-state index in [4.69, 9.17) is 0 Å². The third-order valence-electron chi connectivity index (χ3n) is 0.973. The van der Waals surface area contributed by atoms with E-state index in [1.54, 1.807) is 13.8 Å². The molecule has 0 bridgehead atoms. The normalized spacial score (nSPS) is 7.88. The number of hydrogen-bond donors (Lipinski definition) is 2. The standard InChI is InChI=1S/C6H9NO3.C3H7NO2/c1-3-5(8)7-6(9)10-4-2;1-2-6-3(4)5/h3H,1,4H2,2H3,(H,7,8,9);2H2,1H3,(H2,4,5). The lowest BCUT2D eigenvalue weighted by atomic mass is 10.6. The Bertz CT molecular complexity index is 252. The first-order valence-electron chi connectivity index (χ1n) is 4.50. The summed E-state index contributed by atoms with van der Waals surface area (Å²) >= 11 is 0. The van der Waals surface area contributed by atoms with Crippen molar-refractivity contribution < 1.29 is 23.9 Å². The van der Waals surface area contributed by atoms with Crippen LogP contribution < -0.4 is 11.1 Å². The fourth-order valence-corrected chi connectivity index (χ4v) is 0.461. The smallest absolute Gasteiger partial charge is 0.414 e. The summed E-state index contributed by atoms with van der Waals surface area (Å²) in [6.07, 6.45) is -0.457. The number of carbonyl (C=O) groups excluding carboxylic acids is 3. The Morgan fingerprint density at radius 1 is 1.25 bits per heavy atom. The van der Waals surface area contributed by atoms with Crippen molar-refractivity contribution in [2.24, 2.45) is 5.73 Å². The number of rotatable bonds is 3. The molecule has 0 heterocycles. The van der Waals surface area contributed by atoms with Crippen LogP contribution in [0.15, 0.2) is 12.7 Å². The van der Waals surface area contributed by atoms with Crippen LogP contribution in [0.3, 0.4) is 0 Å². The minimum absolute atomic E-state index is 0.246. The van der Waals surface area contributed by atoms with Crippen LogP contribution in [0, 0.1) is 0 Å². The number of amides is 3. The molecule has 3 N–H and O–H groups in total. The lowest BCUT2D eigenvalue weighted by Gasteiger charge is -1.99. The van der Waals surface area contributed by atoms with Crippen LogP contribution in [0.2, 0.25) is 0 Å². The molecule has 0 aliphatic rings. The molecule has 0 fully saturated rings. The summed E-state index contributed by atoms with van der Waals surface area (Å²) in [4.78, 5) is 30.4. The van der Waals surface area contributed by atoms with E-state index < -0.39 is 18.1 Å². The molecule has 7 heteroatoms. The molecular formula is C9H16N2O5. The molecule has 0 aliphatic heterocycles. The first-order chi connectivity index (χ1) is 7.47. The highest BCUT2D eigenvalue weighted by atomic mass is 16.5. The molecule has 0 spiro atoms. The zero-order valence-electron chi connectivity index (χ0n) is 9.32. The molecule has 92 valence electrons. The second kappa shape index (κ2) is 11.0. The van der Waals surface area contributed by atoms with Gasteiger partial charge in [-0.25, -0.2) is 9.59 Å². The van der Waals surface area contributed by atoms with Crippen molar-refractivity contribution in [1.82, 2.24) is 5.32 Å².